The fourth-order valence-corrected chi connectivity index (χ4v) is 5.98. The lowest BCUT2D eigenvalue weighted by atomic mass is 10.2. The van der Waals surface area contributed by atoms with Crippen LogP contribution in [0.1, 0.15) is 22.5 Å². The minimum atomic E-state index is -2.59. The van der Waals surface area contributed by atoms with Crippen molar-refractivity contribution in [1.29, 1.82) is 0 Å². The number of ether oxygens (including phenoxy) is 1. The van der Waals surface area contributed by atoms with E-state index in [2.05, 4.69) is 15.2 Å². The third kappa shape index (κ3) is 5.28. The Labute approximate surface area is 170 Å². The Hall–Kier alpha value is -2.11. The third-order valence-corrected chi connectivity index (χ3v) is 7.96. The molecule has 29 heavy (non-hydrogen) atoms. The van der Waals surface area contributed by atoms with Gasteiger partial charge in [-0.1, -0.05) is 17.3 Å². The first kappa shape index (κ1) is 20.2. The smallest absolute Gasteiger partial charge is 0.486 e. The lowest BCUT2D eigenvalue weighted by Crippen LogP contribution is -2.55. The highest BCUT2D eigenvalue weighted by molar-refractivity contribution is 6.60. The van der Waals surface area contributed by atoms with E-state index in [1.165, 1.54) is 0 Å². The molecule has 9 nitrogen and oxygen atoms in total. The van der Waals surface area contributed by atoms with Crippen molar-refractivity contribution in [3.8, 4) is 5.75 Å². The Morgan fingerprint density at radius 3 is 2.55 bits per heavy atom. The Kier molecular flexibility index (Phi) is 6.67. The predicted octanol–water partition coefficient (Wildman–Crippen LogP) is 1.38. The number of carbonyl (C=O) groups excluding carboxylic acids is 1. The van der Waals surface area contributed by atoms with Crippen molar-refractivity contribution in [3.05, 3.63) is 41.7 Å². The molecule has 0 spiro atoms. The molecule has 3 saturated heterocycles. The fraction of sp³-hybridized carbons (Fsp3) is 0.526. The Morgan fingerprint density at radius 2 is 1.83 bits per heavy atom. The van der Waals surface area contributed by atoms with Crippen LogP contribution in [0.4, 0.5) is 0 Å². The number of hydrogen-bond donors (Lipinski definition) is 0. The highest BCUT2D eigenvalue weighted by Crippen LogP contribution is 2.22. The molecule has 0 atom stereocenters. The Morgan fingerprint density at radius 1 is 1.10 bits per heavy atom. The number of fused-ring (bicyclic) bond motifs is 6. The molecular formula is C19H26N4O5Si. The molecule has 1 aromatic heterocycles. The summed E-state index contributed by atoms with van der Waals surface area (Å²) in [6.45, 7) is 5.80. The number of aryl methyl sites for hydroxylation is 1. The minimum Gasteiger partial charge on any atom is -0.486 e. The number of benzene rings is 1. The molecular weight excluding hydrogens is 392 g/mol. The summed E-state index contributed by atoms with van der Waals surface area (Å²) in [5.41, 5.74) is 1.23. The zero-order chi connectivity index (χ0) is 19.9. The molecule has 0 unspecified atom stereocenters. The van der Waals surface area contributed by atoms with Crippen LogP contribution in [0.25, 0.3) is 0 Å². The van der Waals surface area contributed by atoms with Gasteiger partial charge in [-0.3, -0.25) is 14.4 Å². The average Bonchev–Trinajstić information content (AvgIpc) is 3.15. The number of carbonyl (C=O) groups is 1. The van der Waals surface area contributed by atoms with Crippen LogP contribution in [0.15, 0.2) is 30.5 Å². The standard InChI is InChI=1S/C19H26N4O5Si/c24-15-17-4-1-2-5-19(17)25-16-18-14-23(21-20-18)6-3-13-29-26-10-7-22(8-11-27-29)9-12-28-29/h1-2,4-5,14-15H,3,6-13,16H2. The zero-order valence-electron chi connectivity index (χ0n) is 16.4. The topological polar surface area (TPSA) is 87.9 Å². The molecule has 3 fully saturated rings. The van der Waals surface area contributed by atoms with Gasteiger partial charge in [0, 0.05) is 32.2 Å². The molecule has 4 heterocycles. The SMILES string of the molecule is O=Cc1ccccc1OCc1cn(CCC[Si]23OCCN(CCO2)CCO3)nn1. The second kappa shape index (κ2) is 9.59. The van der Waals surface area contributed by atoms with E-state index < -0.39 is 8.80 Å². The van der Waals surface area contributed by atoms with E-state index in [9.17, 15) is 4.79 Å². The first-order valence-electron chi connectivity index (χ1n) is 9.97. The molecule has 2 aromatic rings. The van der Waals surface area contributed by atoms with Crippen LogP contribution < -0.4 is 4.74 Å². The van der Waals surface area contributed by atoms with Gasteiger partial charge in [0.15, 0.2) is 6.29 Å². The largest absolute Gasteiger partial charge is 0.501 e. The summed E-state index contributed by atoms with van der Waals surface area (Å²) >= 11 is 0. The van der Waals surface area contributed by atoms with Crippen LogP contribution in [0.2, 0.25) is 6.04 Å². The molecule has 5 rings (SSSR count). The highest BCUT2D eigenvalue weighted by Gasteiger charge is 2.43. The molecule has 10 heteroatoms. The van der Waals surface area contributed by atoms with Crippen LogP contribution >= 0.6 is 0 Å². The number of nitrogens with zero attached hydrogens (tertiary/aromatic N) is 4. The van der Waals surface area contributed by atoms with E-state index in [0.29, 0.717) is 43.4 Å². The number of aromatic nitrogens is 3. The summed E-state index contributed by atoms with van der Waals surface area (Å²) in [7, 11) is -2.59. The molecule has 0 radical (unpaired) electrons. The van der Waals surface area contributed by atoms with Gasteiger partial charge in [0.1, 0.15) is 18.1 Å². The first-order valence-corrected chi connectivity index (χ1v) is 11.9. The van der Waals surface area contributed by atoms with Crippen LogP contribution in [0.5, 0.6) is 5.75 Å². The molecule has 0 saturated carbocycles. The van der Waals surface area contributed by atoms with Gasteiger partial charge in [0.2, 0.25) is 0 Å². The van der Waals surface area contributed by atoms with Gasteiger partial charge in [-0.2, -0.15) is 0 Å². The molecule has 2 bridgehead atoms. The van der Waals surface area contributed by atoms with Gasteiger partial charge < -0.3 is 18.0 Å². The molecule has 0 aliphatic carbocycles. The van der Waals surface area contributed by atoms with Crippen LogP contribution in [-0.2, 0) is 26.4 Å². The van der Waals surface area contributed by atoms with Gasteiger partial charge >= 0.3 is 8.80 Å². The summed E-state index contributed by atoms with van der Waals surface area (Å²) in [6, 6.07) is 7.88. The third-order valence-electron chi connectivity index (χ3n) is 5.07. The quantitative estimate of drug-likeness (QED) is 0.469. The van der Waals surface area contributed by atoms with E-state index in [1.807, 2.05) is 12.3 Å². The van der Waals surface area contributed by atoms with Crippen molar-refractivity contribution >= 4 is 15.1 Å². The highest BCUT2D eigenvalue weighted by atomic mass is 28.4. The van der Waals surface area contributed by atoms with E-state index in [0.717, 1.165) is 38.4 Å². The van der Waals surface area contributed by atoms with Gasteiger partial charge in [-0.15, -0.1) is 5.10 Å². The normalized spacial score (nSPS) is 24.5. The molecule has 0 amide bonds. The first-order chi connectivity index (χ1) is 14.3. The molecule has 156 valence electrons. The molecule has 3 aliphatic rings. The minimum absolute atomic E-state index is 0.259. The van der Waals surface area contributed by atoms with Gasteiger partial charge in [-0.05, 0) is 18.6 Å². The maximum absolute atomic E-state index is 11.1. The van der Waals surface area contributed by atoms with Crippen molar-refractivity contribution in [2.45, 2.75) is 25.6 Å². The fourth-order valence-electron chi connectivity index (χ4n) is 3.50. The van der Waals surface area contributed by atoms with Crippen molar-refractivity contribution in [2.75, 3.05) is 39.5 Å². The second-order valence-corrected chi connectivity index (χ2v) is 9.82. The summed E-state index contributed by atoms with van der Waals surface area (Å²) < 4.78 is 25.7. The van der Waals surface area contributed by atoms with Gasteiger partial charge in [-0.25, -0.2) is 0 Å². The van der Waals surface area contributed by atoms with Crippen molar-refractivity contribution in [2.24, 2.45) is 0 Å². The lowest BCUT2D eigenvalue weighted by Gasteiger charge is -2.38. The van der Waals surface area contributed by atoms with Gasteiger partial charge in [0.25, 0.3) is 0 Å². The van der Waals surface area contributed by atoms with Crippen molar-refractivity contribution in [3.63, 3.8) is 0 Å². The maximum Gasteiger partial charge on any atom is 0.501 e. The van der Waals surface area contributed by atoms with Crippen molar-refractivity contribution in [1.82, 2.24) is 19.9 Å². The van der Waals surface area contributed by atoms with E-state index in [1.54, 1.807) is 22.9 Å². The summed E-state index contributed by atoms with van der Waals surface area (Å²) in [4.78, 5) is 13.4. The number of para-hydroxylation sites is 1. The average molecular weight is 419 g/mol. The second-order valence-electron chi connectivity index (χ2n) is 7.09. The number of hydrogen-bond acceptors (Lipinski definition) is 8. The summed E-state index contributed by atoms with van der Waals surface area (Å²) in [5.74, 6) is 0.542. The Balaban J connectivity index is 1.27. The van der Waals surface area contributed by atoms with Crippen LogP contribution in [0.3, 0.4) is 0 Å². The summed E-state index contributed by atoms with van der Waals surface area (Å²) in [5, 5.41) is 8.32. The van der Waals surface area contributed by atoms with E-state index >= 15 is 0 Å². The number of rotatable bonds is 8. The monoisotopic (exact) mass is 418 g/mol. The maximum atomic E-state index is 11.1. The molecule has 1 aromatic carbocycles. The summed E-state index contributed by atoms with van der Waals surface area (Å²) in [6.07, 6.45) is 3.48. The molecule has 3 aliphatic heterocycles. The number of aldehydes is 1. The van der Waals surface area contributed by atoms with Gasteiger partial charge in [0.05, 0.1) is 31.6 Å². The predicted molar refractivity (Wildman–Crippen MR) is 106 cm³/mol. The van der Waals surface area contributed by atoms with E-state index in [4.69, 9.17) is 18.0 Å². The van der Waals surface area contributed by atoms with E-state index in [-0.39, 0.29) is 6.61 Å². The zero-order valence-corrected chi connectivity index (χ0v) is 17.4. The van der Waals surface area contributed by atoms with Crippen LogP contribution in [-0.4, -0.2) is 74.4 Å². The lowest BCUT2D eigenvalue weighted by molar-refractivity contribution is -0.00869. The Bertz CT molecular complexity index is 791. The molecule has 0 N–H and O–H groups in total. The van der Waals surface area contributed by atoms with Crippen molar-refractivity contribution < 1.29 is 22.8 Å². The van der Waals surface area contributed by atoms with Crippen LogP contribution in [0, 0.1) is 0 Å².